The molecule has 0 aromatic heterocycles. The van der Waals surface area contributed by atoms with Crippen LogP contribution in [0.2, 0.25) is 0 Å². The molecule has 1 aliphatic carbocycles. The molecule has 2 aliphatic rings. The Morgan fingerprint density at radius 2 is 2.00 bits per heavy atom. The highest BCUT2D eigenvalue weighted by Crippen LogP contribution is 2.33. The SMILES string of the molecule is CN(C1CNC1)C1CCCCc2ccccc21. The highest BCUT2D eigenvalue weighted by atomic mass is 15.2. The van der Waals surface area contributed by atoms with Crippen LogP contribution in [-0.4, -0.2) is 31.1 Å². The molecule has 92 valence electrons. The third kappa shape index (κ3) is 2.12. The topological polar surface area (TPSA) is 15.3 Å². The van der Waals surface area contributed by atoms with Crippen LogP contribution in [0.1, 0.15) is 36.4 Å². The van der Waals surface area contributed by atoms with Crippen molar-refractivity contribution in [3.05, 3.63) is 35.4 Å². The summed E-state index contributed by atoms with van der Waals surface area (Å²) in [5, 5.41) is 3.38. The fourth-order valence-corrected chi connectivity index (χ4v) is 3.13. The van der Waals surface area contributed by atoms with E-state index in [0.717, 1.165) is 19.1 Å². The van der Waals surface area contributed by atoms with E-state index in [1.54, 1.807) is 11.1 Å². The van der Waals surface area contributed by atoms with Crippen LogP contribution in [0.4, 0.5) is 0 Å². The van der Waals surface area contributed by atoms with E-state index in [9.17, 15) is 0 Å². The number of likely N-dealkylation sites (N-methyl/N-ethyl adjacent to an activating group) is 1. The molecule has 1 saturated heterocycles. The van der Waals surface area contributed by atoms with Gasteiger partial charge in [-0.25, -0.2) is 0 Å². The summed E-state index contributed by atoms with van der Waals surface area (Å²) in [5.41, 5.74) is 3.16. The molecule has 1 heterocycles. The maximum Gasteiger partial charge on any atom is 0.0351 e. The Morgan fingerprint density at radius 1 is 1.18 bits per heavy atom. The van der Waals surface area contributed by atoms with Gasteiger partial charge < -0.3 is 5.32 Å². The second kappa shape index (κ2) is 4.79. The Hall–Kier alpha value is -0.860. The van der Waals surface area contributed by atoms with Crippen molar-refractivity contribution >= 4 is 0 Å². The molecule has 17 heavy (non-hydrogen) atoms. The van der Waals surface area contributed by atoms with Crippen LogP contribution in [0.15, 0.2) is 24.3 Å². The van der Waals surface area contributed by atoms with Crippen LogP contribution in [-0.2, 0) is 6.42 Å². The average Bonchev–Trinajstić information content (AvgIpc) is 2.48. The van der Waals surface area contributed by atoms with Crippen LogP contribution in [0.3, 0.4) is 0 Å². The van der Waals surface area contributed by atoms with Crippen LogP contribution in [0.5, 0.6) is 0 Å². The Bertz CT molecular complexity index is 384. The Kier molecular flexibility index (Phi) is 3.17. The van der Waals surface area contributed by atoms with Crippen LogP contribution < -0.4 is 5.32 Å². The Balaban J connectivity index is 1.87. The van der Waals surface area contributed by atoms with E-state index in [1.165, 1.54) is 25.7 Å². The van der Waals surface area contributed by atoms with E-state index in [4.69, 9.17) is 0 Å². The van der Waals surface area contributed by atoms with Crippen molar-refractivity contribution in [3.63, 3.8) is 0 Å². The van der Waals surface area contributed by atoms with Crippen molar-refractivity contribution in [1.29, 1.82) is 0 Å². The van der Waals surface area contributed by atoms with Gasteiger partial charge in [0.15, 0.2) is 0 Å². The molecule has 1 aromatic rings. The van der Waals surface area contributed by atoms with Gasteiger partial charge in [-0.05, 0) is 37.4 Å². The molecule has 0 saturated carbocycles. The number of rotatable bonds is 2. The number of hydrogen-bond donors (Lipinski definition) is 1. The summed E-state index contributed by atoms with van der Waals surface area (Å²) < 4.78 is 0. The van der Waals surface area contributed by atoms with Crippen molar-refractivity contribution in [2.24, 2.45) is 0 Å². The lowest BCUT2D eigenvalue weighted by molar-refractivity contribution is 0.121. The number of hydrogen-bond acceptors (Lipinski definition) is 2. The van der Waals surface area contributed by atoms with Crippen LogP contribution in [0, 0.1) is 0 Å². The second-order valence-electron chi connectivity index (χ2n) is 5.44. The first-order valence-corrected chi connectivity index (χ1v) is 6.87. The molecule has 0 radical (unpaired) electrons. The fourth-order valence-electron chi connectivity index (χ4n) is 3.13. The largest absolute Gasteiger partial charge is 0.314 e. The molecule has 2 nitrogen and oxygen atoms in total. The predicted molar refractivity (Wildman–Crippen MR) is 71.2 cm³/mol. The zero-order valence-electron chi connectivity index (χ0n) is 10.7. The normalized spacial score (nSPS) is 25.2. The lowest BCUT2D eigenvalue weighted by atomic mass is 9.96. The average molecular weight is 230 g/mol. The van der Waals surface area contributed by atoms with Crippen molar-refractivity contribution < 1.29 is 0 Å². The second-order valence-corrected chi connectivity index (χ2v) is 5.44. The minimum Gasteiger partial charge on any atom is -0.314 e. The maximum absolute atomic E-state index is 3.38. The van der Waals surface area contributed by atoms with Crippen molar-refractivity contribution in [1.82, 2.24) is 10.2 Å². The highest BCUT2D eigenvalue weighted by molar-refractivity contribution is 5.31. The van der Waals surface area contributed by atoms with Gasteiger partial charge in [-0.3, -0.25) is 4.90 Å². The molecule has 0 amide bonds. The number of aryl methyl sites for hydroxylation is 1. The molecule has 3 rings (SSSR count). The fraction of sp³-hybridized carbons (Fsp3) is 0.600. The summed E-state index contributed by atoms with van der Waals surface area (Å²) in [6.45, 7) is 2.32. The molecule has 0 spiro atoms. The van der Waals surface area contributed by atoms with E-state index in [1.807, 2.05) is 0 Å². The van der Waals surface area contributed by atoms with Gasteiger partial charge >= 0.3 is 0 Å². The summed E-state index contributed by atoms with van der Waals surface area (Å²) in [4.78, 5) is 2.60. The molecule has 2 heteroatoms. The summed E-state index contributed by atoms with van der Waals surface area (Å²) in [6, 6.07) is 10.4. The molecule has 1 atom stereocenters. The van der Waals surface area contributed by atoms with Crippen LogP contribution in [0.25, 0.3) is 0 Å². The smallest absolute Gasteiger partial charge is 0.0351 e. The molecule has 1 unspecified atom stereocenters. The molecule has 0 bridgehead atoms. The third-order valence-electron chi connectivity index (χ3n) is 4.42. The van der Waals surface area contributed by atoms with E-state index in [2.05, 4.69) is 41.5 Å². The Labute approximate surface area is 104 Å². The number of nitrogens with one attached hydrogen (secondary N) is 1. The first-order valence-electron chi connectivity index (χ1n) is 6.87. The first kappa shape index (κ1) is 11.2. The zero-order chi connectivity index (χ0) is 11.7. The zero-order valence-corrected chi connectivity index (χ0v) is 10.7. The number of fused-ring (bicyclic) bond motifs is 1. The summed E-state index contributed by atoms with van der Waals surface area (Å²) >= 11 is 0. The van der Waals surface area contributed by atoms with Gasteiger partial charge in [0.1, 0.15) is 0 Å². The standard InChI is InChI=1S/C15H22N2/c1-17(13-10-16-11-13)15-9-5-3-7-12-6-2-4-8-14(12)15/h2,4,6,8,13,15-16H,3,5,7,9-11H2,1H3. The molecule has 1 fully saturated rings. The van der Waals surface area contributed by atoms with Gasteiger partial charge in [0.25, 0.3) is 0 Å². The van der Waals surface area contributed by atoms with Gasteiger partial charge in [-0.2, -0.15) is 0 Å². The highest BCUT2D eigenvalue weighted by Gasteiger charge is 2.29. The number of benzene rings is 1. The summed E-state index contributed by atoms with van der Waals surface area (Å²) in [7, 11) is 2.30. The van der Waals surface area contributed by atoms with Crippen molar-refractivity contribution in [3.8, 4) is 0 Å². The predicted octanol–water partition coefficient (Wildman–Crippen LogP) is 2.36. The number of nitrogens with zero attached hydrogens (tertiary/aromatic N) is 1. The maximum atomic E-state index is 3.38. The summed E-state index contributed by atoms with van der Waals surface area (Å²) in [5.74, 6) is 0. The van der Waals surface area contributed by atoms with Gasteiger partial charge in [-0.15, -0.1) is 0 Å². The minimum absolute atomic E-state index is 0.640. The van der Waals surface area contributed by atoms with E-state index >= 15 is 0 Å². The lowest BCUT2D eigenvalue weighted by Gasteiger charge is -2.41. The Morgan fingerprint density at radius 3 is 2.76 bits per heavy atom. The van der Waals surface area contributed by atoms with Crippen molar-refractivity contribution in [2.45, 2.75) is 37.8 Å². The van der Waals surface area contributed by atoms with E-state index < -0.39 is 0 Å². The van der Waals surface area contributed by atoms with Crippen LogP contribution >= 0.6 is 0 Å². The molecular formula is C15H22N2. The van der Waals surface area contributed by atoms with Gasteiger partial charge in [0.05, 0.1) is 0 Å². The lowest BCUT2D eigenvalue weighted by Crippen LogP contribution is -2.56. The minimum atomic E-state index is 0.640. The molecule has 1 N–H and O–H groups in total. The van der Waals surface area contributed by atoms with Gasteiger partial charge in [-0.1, -0.05) is 30.7 Å². The van der Waals surface area contributed by atoms with Crippen molar-refractivity contribution in [2.75, 3.05) is 20.1 Å². The monoisotopic (exact) mass is 230 g/mol. The quantitative estimate of drug-likeness (QED) is 0.785. The molecule has 1 aromatic carbocycles. The third-order valence-corrected chi connectivity index (χ3v) is 4.42. The summed E-state index contributed by atoms with van der Waals surface area (Å²) in [6.07, 6.45) is 5.31. The van der Waals surface area contributed by atoms with Gasteiger partial charge in [0.2, 0.25) is 0 Å². The molecule has 1 aliphatic heterocycles. The van der Waals surface area contributed by atoms with Gasteiger partial charge in [0, 0.05) is 25.2 Å². The van der Waals surface area contributed by atoms with E-state index in [0.29, 0.717) is 6.04 Å². The first-order chi connectivity index (χ1) is 8.36. The molecular weight excluding hydrogens is 208 g/mol. The van der Waals surface area contributed by atoms with E-state index in [-0.39, 0.29) is 0 Å².